The summed E-state index contributed by atoms with van der Waals surface area (Å²) in [7, 11) is 0. The molecule has 2 rings (SSSR count). The first-order valence-corrected chi connectivity index (χ1v) is 8.79. The standard InChI is InChI=1S/C18H25ClN2O3/c1-12(2)21(11-13-4-3-5-15(19)10-13)18(24)20-16-8-6-14(7-9-16)17(22)23/h3-5,10,12,14,16H,6-9,11H2,1-2H3,(H,20,24)(H,22,23). The average molecular weight is 353 g/mol. The number of hydrogen-bond acceptors (Lipinski definition) is 2. The number of rotatable bonds is 5. The number of benzene rings is 1. The summed E-state index contributed by atoms with van der Waals surface area (Å²) in [6.07, 6.45) is 2.67. The summed E-state index contributed by atoms with van der Waals surface area (Å²) in [6, 6.07) is 7.50. The summed E-state index contributed by atoms with van der Waals surface area (Å²) in [6.45, 7) is 4.45. The Balaban J connectivity index is 1.93. The van der Waals surface area contributed by atoms with Gasteiger partial charge in [-0.05, 0) is 57.2 Å². The van der Waals surface area contributed by atoms with Crippen LogP contribution in [0.2, 0.25) is 5.02 Å². The van der Waals surface area contributed by atoms with E-state index < -0.39 is 5.97 Å². The van der Waals surface area contributed by atoms with Crippen molar-refractivity contribution < 1.29 is 14.7 Å². The van der Waals surface area contributed by atoms with Crippen LogP contribution in [0.25, 0.3) is 0 Å². The lowest BCUT2D eigenvalue weighted by atomic mass is 9.86. The summed E-state index contributed by atoms with van der Waals surface area (Å²) in [5.41, 5.74) is 0.987. The van der Waals surface area contributed by atoms with E-state index >= 15 is 0 Å². The molecular weight excluding hydrogens is 328 g/mol. The first kappa shape index (κ1) is 18.6. The van der Waals surface area contributed by atoms with Gasteiger partial charge in [-0.25, -0.2) is 4.79 Å². The number of halogens is 1. The minimum atomic E-state index is -0.732. The maximum absolute atomic E-state index is 12.6. The molecule has 0 bridgehead atoms. The van der Waals surface area contributed by atoms with Crippen LogP contribution in [-0.2, 0) is 11.3 Å². The van der Waals surface area contributed by atoms with Gasteiger partial charge in [-0.1, -0.05) is 23.7 Å². The molecule has 1 fully saturated rings. The van der Waals surface area contributed by atoms with Gasteiger partial charge >= 0.3 is 12.0 Å². The van der Waals surface area contributed by atoms with E-state index in [0.717, 1.165) is 5.56 Å². The summed E-state index contributed by atoms with van der Waals surface area (Å²) in [4.78, 5) is 25.4. The maximum atomic E-state index is 12.6. The smallest absolute Gasteiger partial charge is 0.318 e. The maximum Gasteiger partial charge on any atom is 0.318 e. The van der Waals surface area contributed by atoms with Crippen LogP contribution in [0.5, 0.6) is 0 Å². The Labute approximate surface area is 148 Å². The minimum absolute atomic E-state index is 0.0497. The number of urea groups is 1. The summed E-state index contributed by atoms with van der Waals surface area (Å²) < 4.78 is 0. The van der Waals surface area contributed by atoms with Crippen LogP contribution in [-0.4, -0.2) is 34.1 Å². The van der Waals surface area contributed by atoms with E-state index in [-0.39, 0.29) is 24.0 Å². The molecule has 1 aromatic rings. The number of aliphatic carboxylic acids is 1. The Hall–Kier alpha value is -1.75. The van der Waals surface area contributed by atoms with E-state index in [1.165, 1.54) is 0 Å². The molecule has 132 valence electrons. The second kappa shape index (κ2) is 8.38. The molecule has 1 saturated carbocycles. The molecule has 0 heterocycles. The topological polar surface area (TPSA) is 69.6 Å². The Kier molecular flexibility index (Phi) is 6.49. The SMILES string of the molecule is CC(C)N(Cc1cccc(Cl)c1)C(=O)NC1CCC(C(=O)O)CC1. The van der Waals surface area contributed by atoms with Crippen molar-refractivity contribution in [2.75, 3.05) is 0 Å². The fourth-order valence-electron chi connectivity index (χ4n) is 3.06. The molecule has 1 aromatic carbocycles. The Morgan fingerprint density at radius 2 is 1.96 bits per heavy atom. The fourth-order valence-corrected chi connectivity index (χ4v) is 3.28. The van der Waals surface area contributed by atoms with E-state index in [2.05, 4.69) is 5.32 Å². The molecule has 0 radical (unpaired) electrons. The summed E-state index contributed by atoms with van der Waals surface area (Å²) in [5.74, 6) is -1.00. The van der Waals surface area contributed by atoms with Gasteiger partial charge in [0.15, 0.2) is 0 Å². The number of carbonyl (C=O) groups is 2. The van der Waals surface area contributed by atoms with Gasteiger partial charge in [-0.2, -0.15) is 0 Å². The van der Waals surface area contributed by atoms with Gasteiger partial charge in [0.05, 0.1) is 5.92 Å². The Morgan fingerprint density at radius 1 is 1.29 bits per heavy atom. The predicted molar refractivity (Wildman–Crippen MR) is 94.0 cm³/mol. The highest BCUT2D eigenvalue weighted by Crippen LogP contribution is 2.24. The molecule has 24 heavy (non-hydrogen) atoms. The highest BCUT2D eigenvalue weighted by molar-refractivity contribution is 6.30. The van der Waals surface area contributed by atoms with Crippen LogP contribution in [0.4, 0.5) is 4.79 Å². The van der Waals surface area contributed by atoms with E-state index in [0.29, 0.717) is 37.3 Å². The van der Waals surface area contributed by atoms with Crippen LogP contribution in [0.15, 0.2) is 24.3 Å². The quantitative estimate of drug-likeness (QED) is 0.844. The second-order valence-corrected chi connectivity index (χ2v) is 7.12. The first-order chi connectivity index (χ1) is 11.4. The molecule has 0 unspecified atom stereocenters. The zero-order valence-corrected chi connectivity index (χ0v) is 14.9. The fraction of sp³-hybridized carbons (Fsp3) is 0.556. The number of carbonyl (C=O) groups excluding carboxylic acids is 1. The van der Waals surface area contributed by atoms with Crippen LogP contribution in [0, 0.1) is 5.92 Å². The van der Waals surface area contributed by atoms with Crippen molar-refractivity contribution in [1.82, 2.24) is 10.2 Å². The lowest BCUT2D eigenvalue weighted by Gasteiger charge is -2.32. The number of nitrogens with zero attached hydrogens (tertiary/aromatic N) is 1. The molecule has 2 amide bonds. The zero-order chi connectivity index (χ0) is 17.7. The minimum Gasteiger partial charge on any atom is -0.481 e. The van der Waals surface area contributed by atoms with Crippen molar-refractivity contribution >= 4 is 23.6 Å². The highest BCUT2D eigenvalue weighted by atomic mass is 35.5. The van der Waals surface area contributed by atoms with Gasteiger partial charge in [0.25, 0.3) is 0 Å². The summed E-state index contributed by atoms with van der Waals surface area (Å²) in [5, 5.41) is 12.8. The molecule has 0 aliphatic heterocycles. The number of carboxylic acid groups (broad SMARTS) is 1. The van der Waals surface area contributed by atoms with Crippen molar-refractivity contribution in [3.05, 3.63) is 34.9 Å². The molecule has 0 saturated heterocycles. The molecule has 5 nitrogen and oxygen atoms in total. The van der Waals surface area contributed by atoms with Gasteiger partial charge < -0.3 is 15.3 Å². The zero-order valence-electron chi connectivity index (χ0n) is 14.2. The normalized spacial score (nSPS) is 20.7. The van der Waals surface area contributed by atoms with E-state index in [9.17, 15) is 9.59 Å². The van der Waals surface area contributed by atoms with Gasteiger partial charge in [0, 0.05) is 23.7 Å². The largest absolute Gasteiger partial charge is 0.481 e. The molecule has 0 aromatic heterocycles. The Morgan fingerprint density at radius 3 is 2.50 bits per heavy atom. The van der Waals surface area contributed by atoms with Crippen LogP contribution >= 0.6 is 11.6 Å². The van der Waals surface area contributed by atoms with E-state index in [1.807, 2.05) is 38.1 Å². The molecular formula is C18H25ClN2O3. The number of nitrogens with one attached hydrogen (secondary N) is 1. The van der Waals surface area contributed by atoms with Crippen molar-refractivity contribution in [2.45, 2.75) is 58.2 Å². The second-order valence-electron chi connectivity index (χ2n) is 6.69. The van der Waals surface area contributed by atoms with E-state index in [1.54, 1.807) is 4.90 Å². The molecule has 1 aliphatic rings. The third-order valence-electron chi connectivity index (χ3n) is 4.53. The monoisotopic (exact) mass is 352 g/mol. The molecule has 6 heteroatoms. The molecule has 2 N–H and O–H groups in total. The van der Waals surface area contributed by atoms with Crippen molar-refractivity contribution in [3.8, 4) is 0 Å². The van der Waals surface area contributed by atoms with Crippen LogP contribution in [0.3, 0.4) is 0 Å². The van der Waals surface area contributed by atoms with Gasteiger partial charge in [0.2, 0.25) is 0 Å². The van der Waals surface area contributed by atoms with Gasteiger partial charge in [-0.15, -0.1) is 0 Å². The number of carboxylic acids is 1. The first-order valence-electron chi connectivity index (χ1n) is 8.41. The Bertz CT molecular complexity index is 583. The van der Waals surface area contributed by atoms with Crippen molar-refractivity contribution in [2.24, 2.45) is 5.92 Å². The van der Waals surface area contributed by atoms with Crippen molar-refractivity contribution in [3.63, 3.8) is 0 Å². The molecule has 0 atom stereocenters. The lowest BCUT2D eigenvalue weighted by molar-refractivity contribution is -0.142. The van der Waals surface area contributed by atoms with E-state index in [4.69, 9.17) is 16.7 Å². The highest BCUT2D eigenvalue weighted by Gasteiger charge is 2.28. The third kappa shape index (κ3) is 5.13. The number of amides is 2. The van der Waals surface area contributed by atoms with Crippen molar-refractivity contribution in [1.29, 1.82) is 0 Å². The third-order valence-corrected chi connectivity index (χ3v) is 4.77. The predicted octanol–water partition coefficient (Wildman–Crippen LogP) is 3.90. The van der Waals surface area contributed by atoms with Gasteiger partial charge in [-0.3, -0.25) is 4.79 Å². The van der Waals surface area contributed by atoms with Gasteiger partial charge in [0.1, 0.15) is 0 Å². The summed E-state index contributed by atoms with van der Waals surface area (Å²) >= 11 is 6.02. The van der Waals surface area contributed by atoms with Crippen LogP contribution < -0.4 is 5.32 Å². The number of hydrogen-bond donors (Lipinski definition) is 2. The lowest BCUT2D eigenvalue weighted by Crippen LogP contribution is -2.48. The average Bonchev–Trinajstić information content (AvgIpc) is 2.52. The molecule has 0 spiro atoms. The molecule has 1 aliphatic carbocycles. The van der Waals surface area contributed by atoms with Crippen LogP contribution in [0.1, 0.15) is 45.1 Å².